The lowest BCUT2D eigenvalue weighted by Gasteiger charge is -2.22. The van der Waals surface area contributed by atoms with Crippen molar-refractivity contribution < 1.29 is 19.1 Å². The summed E-state index contributed by atoms with van der Waals surface area (Å²) >= 11 is 5.36. The monoisotopic (exact) mass is 303 g/mol. The van der Waals surface area contributed by atoms with E-state index in [2.05, 4.69) is 15.3 Å². The Morgan fingerprint density at radius 3 is 2.70 bits per heavy atom. The van der Waals surface area contributed by atoms with Crippen LogP contribution < -0.4 is 5.32 Å². The first kappa shape index (κ1) is 16.3. The highest BCUT2D eigenvalue weighted by molar-refractivity contribution is 6.17. The molecule has 1 amide bonds. The Hall–Kier alpha value is -1.76. The third kappa shape index (κ3) is 5.92. The number of carbonyl (C=O) groups excluding carboxylic acids is 2. The van der Waals surface area contributed by atoms with Crippen molar-refractivity contribution in [1.82, 2.24) is 15.3 Å². The van der Waals surface area contributed by atoms with Crippen LogP contribution in [0.2, 0.25) is 0 Å². The van der Waals surface area contributed by atoms with Crippen molar-refractivity contribution in [3.05, 3.63) is 18.2 Å². The number of rotatable bonds is 5. The molecular formula is C12H18ClN3O4. The summed E-state index contributed by atoms with van der Waals surface area (Å²) in [7, 11) is 0. The zero-order chi connectivity index (χ0) is 15.2. The number of aromatic amines is 1. The van der Waals surface area contributed by atoms with Gasteiger partial charge in [0.2, 0.25) is 0 Å². The van der Waals surface area contributed by atoms with Gasteiger partial charge in [-0.25, -0.2) is 14.6 Å². The Morgan fingerprint density at radius 2 is 2.20 bits per heavy atom. The number of imidazole rings is 1. The van der Waals surface area contributed by atoms with Crippen molar-refractivity contribution in [3.8, 4) is 0 Å². The number of hydrogen-bond acceptors (Lipinski definition) is 5. The lowest BCUT2D eigenvalue weighted by Crippen LogP contribution is -2.45. The molecule has 0 bridgehead atoms. The van der Waals surface area contributed by atoms with E-state index in [4.69, 9.17) is 21.1 Å². The van der Waals surface area contributed by atoms with E-state index < -0.39 is 23.7 Å². The van der Waals surface area contributed by atoms with Crippen LogP contribution in [0, 0.1) is 0 Å². The number of esters is 1. The van der Waals surface area contributed by atoms with Gasteiger partial charge in [0.05, 0.1) is 6.33 Å². The number of alkyl halides is 1. The average Bonchev–Trinajstić information content (AvgIpc) is 2.78. The fraction of sp³-hybridized carbons (Fsp3) is 0.583. The third-order valence-electron chi connectivity index (χ3n) is 2.15. The summed E-state index contributed by atoms with van der Waals surface area (Å²) in [5.74, 6) is -0.638. The topological polar surface area (TPSA) is 93.3 Å². The molecule has 7 nitrogen and oxygen atoms in total. The lowest BCUT2D eigenvalue weighted by atomic mass is 10.1. The molecule has 8 heteroatoms. The van der Waals surface area contributed by atoms with E-state index >= 15 is 0 Å². The molecular weight excluding hydrogens is 286 g/mol. The first-order valence-corrected chi connectivity index (χ1v) is 6.54. The van der Waals surface area contributed by atoms with E-state index in [0.29, 0.717) is 5.69 Å². The second-order valence-corrected chi connectivity index (χ2v) is 5.27. The summed E-state index contributed by atoms with van der Waals surface area (Å²) in [6.07, 6.45) is 2.54. The molecule has 0 aromatic carbocycles. The molecule has 2 N–H and O–H groups in total. The number of hydrogen-bond donors (Lipinski definition) is 2. The zero-order valence-corrected chi connectivity index (χ0v) is 12.4. The number of nitrogens with zero attached hydrogens (tertiary/aromatic N) is 1. The molecule has 0 aliphatic heterocycles. The average molecular weight is 304 g/mol. The maximum atomic E-state index is 11.8. The maximum absolute atomic E-state index is 11.8. The van der Waals surface area contributed by atoms with Gasteiger partial charge in [-0.15, -0.1) is 0 Å². The van der Waals surface area contributed by atoms with Gasteiger partial charge in [0.1, 0.15) is 11.6 Å². The second kappa shape index (κ2) is 7.14. The van der Waals surface area contributed by atoms with E-state index in [9.17, 15) is 9.59 Å². The van der Waals surface area contributed by atoms with Crippen molar-refractivity contribution >= 4 is 23.7 Å². The predicted octanol–water partition coefficient (Wildman–Crippen LogP) is 1.58. The molecule has 1 atom stereocenters. The number of ether oxygens (including phenoxy) is 2. The smallest absolute Gasteiger partial charge is 0.408 e. The van der Waals surface area contributed by atoms with E-state index in [-0.39, 0.29) is 12.5 Å². The maximum Gasteiger partial charge on any atom is 0.408 e. The number of H-pyrrole nitrogens is 1. The highest BCUT2D eigenvalue weighted by atomic mass is 35.5. The normalized spacial score (nSPS) is 12.6. The van der Waals surface area contributed by atoms with Crippen molar-refractivity contribution in [1.29, 1.82) is 0 Å². The van der Waals surface area contributed by atoms with Crippen LogP contribution >= 0.6 is 11.6 Å². The number of carbonyl (C=O) groups is 2. The van der Waals surface area contributed by atoms with Gasteiger partial charge in [0.15, 0.2) is 6.07 Å². The largest absolute Gasteiger partial charge is 0.448 e. The lowest BCUT2D eigenvalue weighted by molar-refractivity contribution is -0.144. The highest BCUT2D eigenvalue weighted by Gasteiger charge is 2.26. The number of alkyl carbamates (subject to hydrolysis) is 1. The Labute approximate surface area is 122 Å². The van der Waals surface area contributed by atoms with Crippen molar-refractivity contribution in [2.24, 2.45) is 0 Å². The molecule has 0 saturated carbocycles. The van der Waals surface area contributed by atoms with Crippen LogP contribution in [-0.4, -0.2) is 39.7 Å². The van der Waals surface area contributed by atoms with Gasteiger partial charge in [0.25, 0.3) is 0 Å². The van der Waals surface area contributed by atoms with E-state index in [1.165, 1.54) is 6.33 Å². The van der Waals surface area contributed by atoms with Crippen LogP contribution in [-0.2, 0) is 20.7 Å². The summed E-state index contributed by atoms with van der Waals surface area (Å²) in [4.78, 5) is 30.1. The molecule has 1 heterocycles. The Kier molecular flexibility index (Phi) is 5.82. The third-order valence-corrected chi connectivity index (χ3v) is 2.26. The fourth-order valence-corrected chi connectivity index (χ4v) is 1.52. The molecule has 112 valence electrons. The quantitative estimate of drug-likeness (QED) is 0.636. The highest BCUT2D eigenvalue weighted by Crippen LogP contribution is 2.08. The minimum atomic E-state index is -0.899. The van der Waals surface area contributed by atoms with Crippen molar-refractivity contribution in [3.63, 3.8) is 0 Å². The van der Waals surface area contributed by atoms with Gasteiger partial charge in [-0.05, 0) is 20.8 Å². The predicted molar refractivity (Wildman–Crippen MR) is 72.3 cm³/mol. The summed E-state index contributed by atoms with van der Waals surface area (Å²) in [5.41, 5.74) is 0.0246. The molecule has 20 heavy (non-hydrogen) atoms. The van der Waals surface area contributed by atoms with Crippen LogP contribution in [0.5, 0.6) is 0 Å². The second-order valence-electron chi connectivity index (χ2n) is 5.05. The molecule has 1 aromatic heterocycles. The molecule has 0 radical (unpaired) electrons. The molecule has 0 spiro atoms. The van der Waals surface area contributed by atoms with Gasteiger partial charge in [-0.1, -0.05) is 11.6 Å². The Bertz CT molecular complexity index is 442. The first-order valence-electron chi connectivity index (χ1n) is 6.01. The minimum Gasteiger partial charge on any atom is -0.448 e. The molecule has 0 fully saturated rings. The molecule has 0 unspecified atom stereocenters. The summed E-state index contributed by atoms with van der Waals surface area (Å²) < 4.78 is 9.80. The zero-order valence-electron chi connectivity index (χ0n) is 11.6. The number of halogens is 1. The summed E-state index contributed by atoms with van der Waals surface area (Å²) in [6.45, 7) is 5.19. The van der Waals surface area contributed by atoms with Gasteiger partial charge in [-0.2, -0.15) is 0 Å². The number of amides is 1. The van der Waals surface area contributed by atoms with Crippen molar-refractivity contribution in [2.45, 2.75) is 38.8 Å². The molecule has 0 aliphatic carbocycles. The Morgan fingerprint density at radius 1 is 1.50 bits per heavy atom. The molecule has 0 aliphatic rings. The fourth-order valence-electron chi connectivity index (χ4n) is 1.41. The van der Waals surface area contributed by atoms with Crippen LogP contribution in [0.15, 0.2) is 12.5 Å². The number of nitrogens with one attached hydrogen (secondary N) is 2. The Balaban J connectivity index is 2.67. The van der Waals surface area contributed by atoms with E-state index in [0.717, 1.165) is 0 Å². The van der Waals surface area contributed by atoms with Crippen LogP contribution in [0.4, 0.5) is 4.79 Å². The standard InChI is InChI=1S/C12H18ClN3O4/c1-12(2,3)20-11(18)16-9(10(17)19-6-13)4-8-5-14-7-15-8/h5,7,9H,4,6H2,1-3H3,(H,14,15)(H,16,18)/t9-/m0/s1. The van der Waals surface area contributed by atoms with Crippen LogP contribution in [0.1, 0.15) is 26.5 Å². The summed E-state index contributed by atoms with van der Waals surface area (Å²) in [6, 6.07) is -1.18. The molecule has 1 aromatic rings. The van der Waals surface area contributed by atoms with Crippen LogP contribution in [0.25, 0.3) is 0 Å². The van der Waals surface area contributed by atoms with Crippen LogP contribution in [0.3, 0.4) is 0 Å². The summed E-state index contributed by atoms with van der Waals surface area (Å²) in [5, 5.41) is 2.45. The molecule has 0 saturated heterocycles. The van der Waals surface area contributed by atoms with Crippen molar-refractivity contribution in [2.75, 3.05) is 6.07 Å². The van der Waals surface area contributed by atoms with Gasteiger partial charge < -0.3 is 19.8 Å². The van der Waals surface area contributed by atoms with Gasteiger partial charge in [0, 0.05) is 18.3 Å². The van der Waals surface area contributed by atoms with E-state index in [1.54, 1.807) is 27.0 Å². The number of aromatic nitrogens is 2. The first-order chi connectivity index (χ1) is 9.31. The van der Waals surface area contributed by atoms with E-state index in [1.807, 2.05) is 0 Å². The van der Waals surface area contributed by atoms with Gasteiger partial charge >= 0.3 is 12.1 Å². The molecule has 1 rings (SSSR count). The minimum absolute atomic E-state index is 0.203. The van der Waals surface area contributed by atoms with Gasteiger partial charge in [-0.3, -0.25) is 0 Å². The SMILES string of the molecule is CC(C)(C)OC(=O)N[C@@H](Cc1cnc[nH]1)C(=O)OCCl.